The van der Waals surface area contributed by atoms with Gasteiger partial charge in [-0.3, -0.25) is 0 Å². The van der Waals surface area contributed by atoms with Crippen LogP contribution in [0.5, 0.6) is 0 Å². The van der Waals surface area contributed by atoms with Gasteiger partial charge in [0.1, 0.15) is 11.8 Å². The van der Waals surface area contributed by atoms with Crippen molar-refractivity contribution in [3.05, 3.63) is 23.1 Å². The minimum Gasteiger partial charge on any atom is -0.432 e. The normalized spacial score (nSPS) is 16.5. The van der Waals surface area contributed by atoms with Gasteiger partial charge in [0, 0.05) is 30.8 Å². The van der Waals surface area contributed by atoms with Crippen LogP contribution in [0, 0.1) is 6.92 Å². The van der Waals surface area contributed by atoms with E-state index < -0.39 is 0 Å². The number of aromatic nitrogens is 3. The fraction of sp³-hybridized carbons (Fsp3) is 0.471. The highest BCUT2D eigenvalue weighted by atomic mass is 16.5. The van der Waals surface area contributed by atoms with E-state index in [1.165, 1.54) is 5.56 Å². The molecule has 4 heterocycles. The van der Waals surface area contributed by atoms with Gasteiger partial charge in [-0.1, -0.05) is 0 Å². The summed E-state index contributed by atoms with van der Waals surface area (Å²) in [5.74, 6) is 0.654. The Morgan fingerprint density at radius 3 is 2.92 bits per heavy atom. The van der Waals surface area contributed by atoms with Crippen LogP contribution in [0.4, 0.5) is 5.82 Å². The number of ether oxygens (including phenoxy) is 1. The second-order valence-corrected chi connectivity index (χ2v) is 6.78. The molecule has 24 heavy (non-hydrogen) atoms. The molecule has 0 spiro atoms. The summed E-state index contributed by atoms with van der Waals surface area (Å²) in [6.07, 6.45) is 2.35. The maximum Gasteiger partial charge on any atom is 0.229 e. The molecule has 7 nitrogen and oxygen atoms in total. The zero-order chi connectivity index (χ0) is 16.9. The second kappa shape index (κ2) is 5.39. The largest absolute Gasteiger partial charge is 0.432 e. The Morgan fingerprint density at radius 1 is 1.29 bits per heavy atom. The molecule has 0 bridgehead atoms. The van der Waals surface area contributed by atoms with Crippen molar-refractivity contribution in [2.75, 3.05) is 18.4 Å². The van der Waals surface area contributed by atoms with Crippen molar-refractivity contribution in [2.24, 2.45) is 5.73 Å². The summed E-state index contributed by atoms with van der Waals surface area (Å²) in [7, 11) is 0. The maximum atomic E-state index is 6.02. The van der Waals surface area contributed by atoms with Gasteiger partial charge in [0.25, 0.3) is 0 Å². The summed E-state index contributed by atoms with van der Waals surface area (Å²) < 4.78 is 12.0. The van der Waals surface area contributed by atoms with Crippen LogP contribution in [-0.2, 0) is 17.8 Å². The van der Waals surface area contributed by atoms with Gasteiger partial charge < -0.3 is 20.2 Å². The third-order valence-corrected chi connectivity index (χ3v) is 4.47. The van der Waals surface area contributed by atoms with Gasteiger partial charge in [-0.25, -0.2) is 15.0 Å². The zero-order valence-corrected chi connectivity index (χ0v) is 14.1. The number of pyridine rings is 1. The molecule has 0 aromatic carbocycles. The number of nitrogens with zero attached hydrogens (tertiary/aromatic N) is 3. The van der Waals surface area contributed by atoms with E-state index in [1.807, 2.05) is 6.92 Å². The Kier molecular flexibility index (Phi) is 3.43. The minimum absolute atomic E-state index is 0.217. The number of hydrogen-bond donors (Lipinski definition) is 2. The number of nitrogens with one attached hydrogen (secondary N) is 1. The van der Waals surface area contributed by atoms with Crippen LogP contribution in [0.15, 0.2) is 10.7 Å². The highest BCUT2D eigenvalue weighted by molar-refractivity contribution is 6.06. The highest BCUT2D eigenvalue weighted by Crippen LogP contribution is 2.39. The van der Waals surface area contributed by atoms with Crippen molar-refractivity contribution in [1.82, 2.24) is 15.0 Å². The Hall–Kier alpha value is -2.25. The van der Waals surface area contributed by atoms with Crippen molar-refractivity contribution in [1.29, 1.82) is 0 Å². The lowest BCUT2D eigenvalue weighted by atomic mass is 9.89. The monoisotopic (exact) mass is 327 g/mol. The average molecular weight is 327 g/mol. The smallest absolute Gasteiger partial charge is 0.229 e. The lowest BCUT2D eigenvalue weighted by molar-refractivity contribution is -0.0400. The first-order chi connectivity index (χ1) is 11.5. The van der Waals surface area contributed by atoms with Gasteiger partial charge in [0.15, 0.2) is 11.4 Å². The molecule has 1 aliphatic rings. The number of rotatable bonds is 3. The first kappa shape index (κ1) is 15.3. The fourth-order valence-corrected chi connectivity index (χ4v) is 3.28. The van der Waals surface area contributed by atoms with Gasteiger partial charge >= 0.3 is 0 Å². The van der Waals surface area contributed by atoms with Gasteiger partial charge in [-0.2, -0.15) is 0 Å². The third kappa shape index (κ3) is 2.32. The van der Waals surface area contributed by atoms with Crippen molar-refractivity contribution < 1.29 is 9.15 Å². The van der Waals surface area contributed by atoms with Crippen LogP contribution in [0.2, 0.25) is 0 Å². The summed E-state index contributed by atoms with van der Waals surface area (Å²) in [5.41, 5.74) is 10.7. The standard InChI is InChI=1S/C17H21N5O2/c1-9-11-7-23-17(2,3)6-10(11)12-13-14(24-16(12)22-9)15(19-5-4-18)21-8-20-13/h8H,4-7,18H2,1-3H3,(H,19,20,21). The van der Waals surface area contributed by atoms with E-state index in [-0.39, 0.29) is 5.60 Å². The molecule has 0 saturated carbocycles. The molecule has 3 aromatic heterocycles. The lowest BCUT2D eigenvalue weighted by Gasteiger charge is -2.32. The molecule has 0 aliphatic carbocycles. The Bertz CT molecular complexity index is 932. The predicted octanol–water partition coefficient (Wildman–Crippen LogP) is 2.30. The SMILES string of the molecule is Cc1nc2oc3c(NCCN)ncnc3c2c2c1COC(C)(C)C2. The fourth-order valence-electron chi connectivity index (χ4n) is 3.28. The van der Waals surface area contributed by atoms with E-state index >= 15 is 0 Å². The molecule has 0 amide bonds. The van der Waals surface area contributed by atoms with Crippen molar-refractivity contribution >= 4 is 28.0 Å². The molecule has 3 N–H and O–H groups in total. The van der Waals surface area contributed by atoms with Gasteiger partial charge in [-0.15, -0.1) is 0 Å². The number of nitrogens with two attached hydrogens (primary N) is 1. The topological polar surface area (TPSA) is 99.1 Å². The molecule has 7 heteroatoms. The lowest BCUT2D eigenvalue weighted by Crippen LogP contribution is -2.32. The summed E-state index contributed by atoms with van der Waals surface area (Å²) in [6.45, 7) is 7.89. The molecule has 0 fully saturated rings. The molecule has 3 aromatic rings. The van der Waals surface area contributed by atoms with Crippen molar-refractivity contribution in [3.63, 3.8) is 0 Å². The van der Waals surface area contributed by atoms with Gasteiger partial charge in [0.2, 0.25) is 5.71 Å². The van der Waals surface area contributed by atoms with Crippen LogP contribution in [0.1, 0.15) is 30.7 Å². The number of aryl methyl sites for hydroxylation is 1. The van der Waals surface area contributed by atoms with E-state index in [0.717, 1.165) is 28.6 Å². The van der Waals surface area contributed by atoms with Crippen LogP contribution >= 0.6 is 0 Å². The molecule has 0 atom stereocenters. The minimum atomic E-state index is -0.217. The van der Waals surface area contributed by atoms with Gasteiger partial charge in [0.05, 0.1) is 17.6 Å². The first-order valence-electron chi connectivity index (χ1n) is 8.13. The van der Waals surface area contributed by atoms with Crippen molar-refractivity contribution in [2.45, 2.75) is 39.4 Å². The summed E-state index contributed by atoms with van der Waals surface area (Å²) >= 11 is 0. The van der Waals surface area contributed by atoms with Crippen LogP contribution in [0.3, 0.4) is 0 Å². The molecule has 4 rings (SSSR count). The van der Waals surface area contributed by atoms with E-state index in [0.29, 0.717) is 36.8 Å². The number of fused-ring (bicyclic) bond motifs is 5. The predicted molar refractivity (Wildman–Crippen MR) is 92.0 cm³/mol. The van der Waals surface area contributed by atoms with E-state index in [9.17, 15) is 0 Å². The Morgan fingerprint density at radius 2 is 2.12 bits per heavy atom. The summed E-state index contributed by atoms with van der Waals surface area (Å²) in [6, 6.07) is 0. The van der Waals surface area contributed by atoms with Crippen LogP contribution in [-0.4, -0.2) is 33.6 Å². The number of anilines is 1. The maximum absolute atomic E-state index is 6.02. The zero-order valence-electron chi connectivity index (χ0n) is 14.1. The quantitative estimate of drug-likeness (QED) is 0.761. The van der Waals surface area contributed by atoms with E-state index in [1.54, 1.807) is 6.33 Å². The molecular weight excluding hydrogens is 306 g/mol. The molecule has 1 aliphatic heterocycles. The second-order valence-electron chi connectivity index (χ2n) is 6.78. The van der Waals surface area contributed by atoms with Crippen molar-refractivity contribution in [3.8, 4) is 0 Å². The molecular formula is C17H21N5O2. The van der Waals surface area contributed by atoms with Crippen LogP contribution < -0.4 is 11.1 Å². The average Bonchev–Trinajstić information content (AvgIpc) is 2.90. The first-order valence-corrected chi connectivity index (χ1v) is 8.13. The van der Waals surface area contributed by atoms with Crippen LogP contribution in [0.25, 0.3) is 22.2 Å². The number of furan rings is 1. The van der Waals surface area contributed by atoms with E-state index in [2.05, 4.69) is 34.1 Å². The summed E-state index contributed by atoms with van der Waals surface area (Å²) in [5, 5.41) is 4.16. The summed E-state index contributed by atoms with van der Waals surface area (Å²) in [4.78, 5) is 13.4. The molecule has 0 saturated heterocycles. The Labute approximate surface area is 139 Å². The molecule has 126 valence electrons. The Balaban J connectivity index is 2.01. The third-order valence-electron chi connectivity index (χ3n) is 4.47. The van der Waals surface area contributed by atoms with Gasteiger partial charge in [-0.05, 0) is 26.3 Å². The molecule has 0 radical (unpaired) electrons. The van der Waals surface area contributed by atoms with E-state index in [4.69, 9.17) is 14.9 Å². The number of hydrogen-bond acceptors (Lipinski definition) is 7. The highest BCUT2D eigenvalue weighted by Gasteiger charge is 2.31. The molecule has 0 unspecified atom stereocenters.